The summed E-state index contributed by atoms with van der Waals surface area (Å²) in [4.78, 5) is 27.2. The molecule has 2 rings (SSSR count). The number of aromatic nitrogens is 1. The largest absolute Gasteiger partial charge is 0.322 e. The monoisotopic (exact) mass is 336 g/mol. The van der Waals surface area contributed by atoms with Gasteiger partial charge in [-0.3, -0.25) is 15.1 Å². The number of hydrogen-bond donors (Lipinski definition) is 1. The number of nitrogens with one attached hydrogen (secondary N) is 1. The molecule has 0 spiro atoms. The Bertz CT molecular complexity index is 785. The number of hydrogen-bond acceptors (Lipinski definition) is 4. The molecule has 1 aromatic heterocycles. The Balaban J connectivity index is 2.21. The van der Waals surface area contributed by atoms with Crippen LogP contribution in [0.15, 0.2) is 36.7 Å². The molecule has 2 amide bonds. The molecule has 0 aliphatic carbocycles. The van der Waals surface area contributed by atoms with Crippen molar-refractivity contribution in [3.05, 3.63) is 64.0 Å². The van der Waals surface area contributed by atoms with Crippen LogP contribution in [-0.4, -0.2) is 27.9 Å². The number of benzene rings is 1. The van der Waals surface area contributed by atoms with Crippen LogP contribution in [0.2, 0.25) is 0 Å². The van der Waals surface area contributed by atoms with Crippen LogP contribution >= 0.6 is 0 Å². The Morgan fingerprint density at radius 1 is 1.38 bits per heavy atom. The maximum atomic E-state index is 13.8. The molecule has 9 heteroatoms. The molecular weight excluding hydrogens is 322 g/mol. The van der Waals surface area contributed by atoms with Gasteiger partial charge in [-0.2, -0.15) is 0 Å². The SMILES string of the molecule is CC(c1cc(F)ccc1F)N(C)C(=O)Nc1ccncc1[N+](=O)[O-]. The minimum Gasteiger partial charge on any atom is -0.321 e. The van der Waals surface area contributed by atoms with Crippen molar-refractivity contribution >= 4 is 17.4 Å². The molecule has 0 aliphatic heterocycles. The topological polar surface area (TPSA) is 88.4 Å². The van der Waals surface area contributed by atoms with E-state index in [9.17, 15) is 23.7 Å². The average Bonchev–Trinajstić information content (AvgIpc) is 2.56. The van der Waals surface area contributed by atoms with E-state index in [1.165, 1.54) is 26.2 Å². The minimum absolute atomic E-state index is 0.00289. The predicted octanol–water partition coefficient (Wildman–Crippen LogP) is 3.49. The zero-order valence-corrected chi connectivity index (χ0v) is 12.9. The molecule has 1 atom stereocenters. The number of nitro groups is 1. The third kappa shape index (κ3) is 3.62. The van der Waals surface area contributed by atoms with Crippen LogP contribution in [0.25, 0.3) is 0 Å². The lowest BCUT2D eigenvalue weighted by atomic mass is 10.1. The Hall–Kier alpha value is -3.10. The number of urea groups is 1. The van der Waals surface area contributed by atoms with Gasteiger partial charge in [-0.15, -0.1) is 0 Å². The molecule has 0 saturated heterocycles. The number of halogens is 2. The zero-order valence-electron chi connectivity index (χ0n) is 12.9. The first kappa shape index (κ1) is 17.3. The van der Waals surface area contributed by atoms with Crippen molar-refractivity contribution in [2.75, 3.05) is 12.4 Å². The molecule has 0 aliphatic rings. The lowest BCUT2D eigenvalue weighted by molar-refractivity contribution is -0.384. The van der Waals surface area contributed by atoms with E-state index in [4.69, 9.17) is 0 Å². The molecule has 1 aromatic carbocycles. The quantitative estimate of drug-likeness (QED) is 0.684. The third-order valence-electron chi connectivity index (χ3n) is 3.55. The number of pyridine rings is 1. The summed E-state index contributed by atoms with van der Waals surface area (Å²) in [5.41, 5.74) is -0.417. The lowest BCUT2D eigenvalue weighted by Gasteiger charge is -2.25. The second kappa shape index (κ2) is 6.99. The van der Waals surface area contributed by atoms with E-state index < -0.39 is 28.6 Å². The molecule has 2 aromatic rings. The number of carbonyl (C=O) groups excluding carboxylic acids is 1. The first-order valence-electron chi connectivity index (χ1n) is 6.88. The predicted molar refractivity (Wildman–Crippen MR) is 82.4 cm³/mol. The van der Waals surface area contributed by atoms with E-state index in [1.54, 1.807) is 0 Å². The summed E-state index contributed by atoms with van der Waals surface area (Å²) in [5, 5.41) is 13.3. The Morgan fingerprint density at radius 2 is 2.08 bits per heavy atom. The van der Waals surface area contributed by atoms with Gasteiger partial charge in [-0.1, -0.05) is 0 Å². The van der Waals surface area contributed by atoms with Crippen molar-refractivity contribution in [1.29, 1.82) is 0 Å². The number of anilines is 1. The van der Waals surface area contributed by atoms with E-state index in [1.807, 2.05) is 0 Å². The Labute approximate surface area is 136 Å². The van der Waals surface area contributed by atoms with Gasteiger partial charge in [-0.25, -0.2) is 13.6 Å². The number of nitrogens with zero attached hydrogens (tertiary/aromatic N) is 3. The van der Waals surface area contributed by atoms with Crippen LogP contribution in [0, 0.1) is 21.7 Å². The molecule has 0 radical (unpaired) electrons. The van der Waals surface area contributed by atoms with Crippen molar-refractivity contribution in [2.45, 2.75) is 13.0 Å². The molecular formula is C15H14F2N4O3. The third-order valence-corrected chi connectivity index (χ3v) is 3.55. The second-order valence-electron chi connectivity index (χ2n) is 5.03. The van der Waals surface area contributed by atoms with Gasteiger partial charge >= 0.3 is 11.7 Å². The first-order valence-corrected chi connectivity index (χ1v) is 6.88. The Morgan fingerprint density at radius 3 is 2.75 bits per heavy atom. The Kier molecular flexibility index (Phi) is 5.02. The fraction of sp³-hybridized carbons (Fsp3) is 0.200. The number of amides is 2. The van der Waals surface area contributed by atoms with Crippen LogP contribution < -0.4 is 5.32 Å². The van der Waals surface area contributed by atoms with Gasteiger partial charge in [0.1, 0.15) is 23.5 Å². The molecule has 7 nitrogen and oxygen atoms in total. The lowest BCUT2D eigenvalue weighted by Crippen LogP contribution is -2.34. The summed E-state index contributed by atoms with van der Waals surface area (Å²) in [6.07, 6.45) is 2.30. The van der Waals surface area contributed by atoms with E-state index in [0.717, 1.165) is 29.3 Å². The highest BCUT2D eigenvalue weighted by molar-refractivity contribution is 5.91. The summed E-state index contributed by atoms with van der Waals surface area (Å²) < 4.78 is 27.1. The van der Waals surface area contributed by atoms with E-state index in [-0.39, 0.29) is 16.9 Å². The van der Waals surface area contributed by atoms with Gasteiger partial charge in [0.25, 0.3) is 0 Å². The smallest absolute Gasteiger partial charge is 0.321 e. The van der Waals surface area contributed by atoms with Crippen molar-refractivity contribution in [1.82, 2.24) is 9.88 Å². The van der Waals surface area contributed by atoms with E-state index in [2.05, 4.69) is 10.3 Å². The van der Waals surface area contributed by atoms with E-state index >= 15 is 0 Å². The number of carbonyl (C=O) groups is 1. The normalized spacial score (nSPS) is 11.7. The zero-order chi connectivity index (χ0) is 17.9. The summed E-state index contributed by atoms with van der Waals surface area (Å²) in [7, 11) is 1.37. The van der Waals surface area contributed by atoms with Crippen LogP contribution in [0.1, 0.15) is 18.5 Å². The van der Waals surface area contributed by atoms with Crippen molar-refractivity contribution < 1.29 is 18.5 Å². The second-order valence-corrected chi connectivity index (χ2v) is 5.03. The van der Waals surface area contributed by atoms with Crippen LogP contribution in [-0.2, 0) is 0 Å². The number of rotatable bonds is 4. The molecule has 1 N–H and O–H groups in total. The van der Waals surface area contributed by atoms with Crippen LogP contribution in [0.3, 0.4) is 0 Å². The van der Waals surface area contributed by atoms with Crippen molar-refractivity contribution in [3.8, 4) is 0 Å². The van der Waals surface area contributed by atoms with Gasteiger partial charge in [0.15, 0.2) is 0 Å². The molecule has 24 heavy (non-hydrogen) atoms. The molecule has 0 fully saturated rings. The summed E-state index contributed by atoms with van der Waals surface area (Å²) in [5.74, 6) is -1.28. The summed E-state index contributed by atoms with van der Waals surface area (Å²) >= 11 is 0. The van der Waals surface area contributed by atoms with Gasteiger partial charge in [0.05, 0.1) is 11.0 Å². The van der Waals surface area contributed by atoms with Crippen LogP contribution in [0.5, 0.6) is 0 Å². The average molecular weight is 336 g/mol. The van der Waals surface area contributed by atoms with Crippen molar-refractivity contribution in [2.24, 2.45) is 0 Å². The molecule has 0 bridgehead atoms. The highest BCUT2D eigenvalue weighted by Gasteiger charge is 2.23. The van der Waals surface area contributed by atoms with Gasteiger partial charge < -0.3 is 10.2 Å². The highest BCUT2D eigenvalue weighted by atomic mass is 19.1. The van der Waals surface area contributed by atoms with Gasteiger partial charge in [0.2, 0.25) is 0 Å². The summed E-state index contributed by atoms with van der Waals surface area (Å²) in [6, 6.07) is 2.73. The fourth-order valence-corrected chi connectivity index (χ4v) is 2.06. The molecule has 126 valence electrons. The molecule has 0 saturated carbocycles. The van der Waals surface area contributed by atoms with Gasteiger partial charge in [0, 0.05) is 18.8 Å². The maximum absolute atomic E-state index is 13.8. The molecule has 1 heterocycles. The maximum Gasteiger partial charge on any atom is 0.322 e. The van der Waals surface area contributed by atoms with E-state index in [0.29, 0.717) is 0 Å². The first-order chi connectivity index (χ1) is 11.3. The standard InChI is InChI=1S/C15H14F2N4O3/c1-9(11-7-10(16)3-4-12(11)17)20(2)15(22)19-13-5-6-18-8-14(13)21(23)24/h3-9H,1-2H3,(H,18,19,22). The van der Waals surface area contributed by atoms with Gasteiger partial charge in [-0.05, 0) is 31.2 Å². The van der Waals surface area contributed by atoms with Crippen molar-refractivity contribution in [3.63, 3.8) is 0 Å². The minimum atomic E-state index is -0.790. The van der Waals surface area contributed by atoms with Crippen LogP contribution in [0.4, 0.5) is 25.0 Å². The summed E-state index contributed by atoms with van der Waals surface area (Å²) in [6.45, 7) is 1.51. The molecule has 1 unspecified atom stereocenters. The highest BCUT2D eigenvalue weighted by Crippen LogP contribution is 2.26. The fourth-order valence-electron chi connectivity index (χ4n) is 2.06.